The number of sulfonamides is 1. The predicted octanol–water partition coefficient (Wildman–Crippen LogP) is 1.75. The fourth-order valence-corrected chi connectivity index (χ4v) is 3.69. The summed E-state index contributed by atoms with van der Waals surface area (Å²) in [5, 5.41) is 0. The Morgan fingerprint density at radius 1 is 1.24 bits per heavy atom. The molecule has 0 atom stereocenters. The van der Waals surface area contributed by atoms with E-state index in [1.807, 2.05) is 6.07 Å². The van der Waals surface area contributed by atoms with Gasteiger partial charge in [0.05, 0.1) is 11.5 Å². The van der Waals surface area contributed by atoms with E-state index in [0.717, 1.165) is 35.6 Å². The van der Waals surface area contributed by atoms with Gasteiger partial charge in [-0.25, -0.2) is 8.42 Å². The van der Waals surface area contributed by atoms with E-state index < -0.39 is 16.0 Å². The molecule has 0 heterocycles. The highest BCUT2D eigenvalue weighted by Gasteiger charge is 2.24. The van der Waals surface area contributed by atoms with Crippen LogP contribution >= 0.6 is 0 Å². The summed E-state index contributed by atoms with van der Waals surface area (Å²) < 4.78 is 30.8. The van der Waals surface area contributed by atoms with Crippen molar-refractivity contribution in [3.05, 3.63) is 29.3 Å². The maximum atomic E-state index is 12.5. The lowest BCUT2D eigenvalue weighted by Crippen LogP contribution is -2.33. The van der Waals surface area contributed by atoms with Gasteiger partial charge in [0, 0.05) is 7.05 Å². The minimum atomic E-state index is -3.65. The van der Waals surface area contributed by atoms with Crippen LogP contribution in [0, 0.1) is 0 Å². The summed E-state index contributed by atoms with van der Waals surface area (Å²) in [6.07, 6.45) is 4.17. The first-order valence-corrected chi connectivity index (χ1v) is 8.63. The number of rotatable bonds is 5. The highest BCUT2D eigenvalue weighted by atomic mass is 32.2. The van der Waals surface area contributed by atoms with Crippen LogP contribution < -0.4 is 0 Å². The summed E-state index contributed by atoms with van der Waals surface area (Å²) >= 11 is 0. The Morgan fingerprint density at radius 2 is 1.90 bits per heavy atom. The number of hydrogen-bond acceptors (Lipinski definition) is 4. The molecule has 1 aromatic rings. The number of fused-ring (bicyclic) bond motifs is 1. The molecule has 21 heavy (non-hydrogen) atoms. The largest absolute Gasteiger partial charge is 0.465 e. The van der Waals surface area contributed by atoms with E-state index in [1.54, 1.807) is 19.1 Å². The number of carbonyl (C=O) groups is 1. The first-order valence-electron chi connectivity index (χ1n) is 7.19. The number of esters is 1. The standard InChI is InChI=1S/C15H21NO4S/c1-3-20-15(17)11-16(2)21(18,19)14-9-8-12-6-4-5-7-13(12)10-14/h8-10H,3-7,11H2,1-2H3. The summed E-state index contributed by atoms with van der Waals surface area (Å²) in [6.45, 7) is 1.66. The Labute approximate surface area is 126 Å². The molecule has 0 saturated heterocycles. The molecule has 0 saturated carbocycles. The number of ether oxygens (including phenoxy) is 1. The van der Waals surface area contributed by atoms with Gasteiger partial charge in [-0.05, 0) is 55.9 Å². The molecular weight excluding hydrogens is 290 g/mol. The lowest BCUT2D eigenvalue weighted by atomic mass is 9.92. The lowest BCUT2D eigenvalue weighted by Gasteiger charge is -2.19. The monoisotopic (exact) mass is 311 g/mol. The second kappa shape index (κ2) is 6.58. The van der Waals surface area contributed by atoms with Crippen molar-refractivity contribution < 1.29 is 17.9 Å². The minimum absolute atomic E-state index is 0.242. The van der Waals surface area contributed by atoms with Gasteiger partial charge in [0.1, 0.15) is 6.54 Å². The molecule has 0 N–H and O–H groups in total. The van der Waals surface area contributed by atoms with Crippen LogP contribution in [0.3, 0.4) is 0 Å². The van der Waals surface area contributed by atoms with Gasteiger partial charge in [0.15, 0.2) is 0 Å². The smallest absolute Gasteiger partial charge is 0.321 e. The van der Waals surface area contributed by atoms with Crippen molar-refractivity contribution in [3.8, 4) is 0 Å². The highest BCUT2D eigenvalue weighted by molar-refractivity contribution is 7.89. The van der Waals surface area contributed by atoms with E-state index in [-0.39, 0.29) is 18.0 Å². The van der Waals surface area contributed by atoms with E-state index in [1.165, 1.54) is 12.6 Å². The third-order valence-electron chi connectivity index (χ3n) is 3.69. The SMILES string of the molecule is CCOC(=O)CN(C)S(=O)(=O)c1ccc2c(c1)CCCC2. The molecule has 1 aliphatic carbocycles. The minimum Gasteiger partial charge on any atom is -0.465 e. The average molecular weight is 311 g/mol. The molecule has 1 aromatic carbocycles. The van der Waals surface area contributed by atoms with Crippen molar-refractivity contribution in [1.29, 1.82) is 0 Å². The number of nitrogens with zero attached hydrogens (tertiary/aromatic N) is 1. The Balaban J connectivity index is 2.20. The second-order valence-electron chi connectivity index (χ2n) is 5.20. The molecule has 6 heteroatoms. The van der Waals surface area contributed by atoms with Crippen molar-refractivity contribution in [2.45, 2.75) is 37.5 Å². The number of likely N-dealkylation sites (N-methyl/N-ethyl adjacent to an activating group) is 1. The summed E-state index contributed by atoms with van der Waals surface area (Å²) in [6, 6.07) is 5.26. The molecule has 0 aliphatic heterocycles. The van der Waals surface area contributed by atoms with Crippen LogP contribution in [0.4, 0.5) is 0 Å². The van der Waals surface area contributed by atoms with Crippen molar-refractivity contribution in [1.82, 2.24) is 4.31 Å². The van der Waals surface area contributed by atoms with Gasteiger partial charge in [-0.3, -0.25) is 4.79 Å². The molecule has 0 amide bonds. The topological polar surface area (TPSA) is 63.7 Å². The fourth-order valence-electron chi connectivity index (χ4n) is 2.52. The van der Waals surface area contributed by atoms with Crippen LogP contribution in [0.15, 0.2) is 23.1 Å². The molecule has 0 bridgehead atoms. The van der Waals surface area contributed by atoms with Gasteiger partial charge in [-0.2, -0.15) is 4.31 Å². The van der Waals surface area contributed by atoms with E-state index in [0.29, 0.717) is 0 Å². The molecule has 0 unspecified atom stereocenters. The van der Waals surface area contributed by atoms with Gasteiger partial charge in [-0.1, -0.05) is 6.07 Å². The molecule has 0 spiro atoms. The number of hydrogen-bond donors (Lipinski definition) is 0. The van der Waals surface area contributed by atoms with E-state index in [4.69, 9.17) is 4.74 Å². The molecule has 5 nitrogen and oxygen atoms in total. The summed E-state index contributed by atoms with van der Waals surface area (Å²) in [4.78, 5) is 11.7. The second-order valence-corrected chi connectivity index (χ2v) is 7.25. The zero-order valence-corrected chi connectivity index (χ0v) is 13.3. The van der Waals surface area contributed by atoms with Crippen LogP contribution in [0.1, 0.15) is 30.9 Å². The Kier molecular flexibility index (Phi) is 5.00. The van der Waals surface area contributed by atoms with Gasteiger partial charge < -0.3 is 4.74 Å². The van der Waals surface area contributed by atoms with E-state index in [9.17, 15) is 13.2 Å². The molecule has 0 fully saturated rings. The van der Waals surface area contributed by atoms with Crippen molar-refractivity contribution in [3.63, 3.8) is 0 Å². The highest BCUT2D eigenvalue weighted by Crippen LogP contribution is 2.25. The first-order chi connectivity index (χ1) is 9.95. The van der Waals surface area contributed by atoms with Gasteiger partial charge in [-0.15, -0.1) is 0 Å². The van der Waals surface area contributed by atoms with Crippen molar-refractivity contribution >= 4 is 16.0 Å². The molecule has 0 radical (unpaired) electrons. The van der Waals surface area contributed by atoms with Crippen LogP contribution in [-0.2, 0) is 32.4 Å². The zero-order valence-electron chi connectivity index (χ0n) is 12.5. The van der Waals surface area contributed by atoms with Crippen LogP contribution in [-0.4, -0.2) is 38.9 Å². The maximum Gasteiger partial charge on any atom is 0.321 e. The van der Waals surface area contributed by atoms with E-state index >= 15 is 0 Å². The summed E-state index contributed by atoms with van der Waals surface area (Å²) in [5.41, 5.74) is 2.33. The van der Waals surface area contributed by atoms with Crippen LogP contribution in [0.25, 0.3) is 0 Å². The van der Waals surface area contributed by atoms with Gasteiger partial charge in [0.2, 0.25) is 10.0 Å². The van der Waals surface area contributed by atoms with Gasteiger partial charge >= 0.3 is 5.97 Å². The van der Waals surface area contributed by atoms with Crippen LogP contribution in [0.2, 0.25) is 0 Å². The van der Waals surface area contributed by atoms with Crippen molar-refractivity contribution in [2.75, 3.05) is 20.2 Å². The quantitative estimate of drug-likeness (QED) is 0.777. The van der Waals surface area contributed by atoms with E-state index in [2.05, 4.69) is 0 Å². The number of carbonyl (C=O) groups excluding carboxylic acids is 1. The van der Waals surface area contributed by atoms with Crippen molar-refractivity contribution in [2.24, 2.45) is 0 Å². The molecule has 1 aliphatic rings. The Hall–Kier alpha value is -1.40. The summed E-state index contributed by atoms with van der Waals surface area (Å²) in [7, 11) is -2.26. The molecule has 0 aromatic heterocycles. The molecular formula is C15H21NO4S. The summed E-state index contributed by atoms with van der Waals surface area (Å²) in [5.74, 6) is -0.540. The molecule has 116 valence electrons. The molecule has 2 rings (SSSR count). The fraction of sp³-hybridized carbons (Fsp3) is 0.533. The normalized spacial score (nSPS) is 14.8. The Morgan fingerprint density at radius 3 is 2.57 bits per heavy atom. The Bertz CT molecular complexity index is 625. The first kappa shape index (κ1) is 16.0. The number of aryl methyl sites for hydroxylation is 2. The third kappa shape index (κ3) is 3.63. The predicted molar refractivity (Wildman–Crippen MR) is 79.5 cm³/mol. The lowest BCUT2D eigenvalue weighted by molar-refractivity contribution is -0.143. The van der Waals surface area contributed by atoms with Crippen LogP contribution in [0.5, 0.6) is 0 Å². The maximum absolute atomic E-state index is 12.5. The van der Waals surface area contributed by atoms with Gasteiger partial charge in [0.25, 0.3) is 0 Å². The number of benzene rings is 1. The third-order valence-corrected chi connectivity index (χ3v) is 5.48. The average Bonchev–Trinajstić information content (AvgIpc) is 2.46. The zero-order chi connectivity index (χ0) is 15.5.